The van der Waals surface area contributed by atoms with Gasteiger partial charge >= 0.3 is 5.97 Å². The van der Waals surface area contributed by atoms with Gasteiger partial charge in [0.1, 0.15) is 5.69 Å². The van der Waals surface area contributed by atoms with Crippen molar-refractivity contribution in [3.8, 4) is 0 Å². The number of aromatic nitrogens is 2. The van der Waals surface area contributed by atoms with Gasteiger partial charge < -0.3 is 10.4 Å². The average Bonchev–Trinajstić information content (AvgIpc) is 3.16. The van der Waals surface area contributed by atoms with Crippen LogP contribution >= 0.6 is 0 Å². The topological polar surface area (TPSA) is 84.2 Å². The number of carbonyl (C=O) groups excluding carboxylic acids is 1. The van der Waals surface area contributed by atoms with Gasteiger partial charge in [0.15, 0.2) is 0 Å². The molecule has 1 aliphatic rings. The van der Waals surface area contributed by atoms with Crippen LogP contribution in [0, 0.1) is 5.92 Å². The summed E-state index contributed by atoms with van der Waals surface area (Å²) in [4.78, 5) is 23.2. The molecule has 6 heteroatoms. The lowest BCUT2D eigenvalue weighted by molar-refractivity contribution is -0.137. The third-order valence-electron chi connectivity index (χ3n) is 3.63. The number of nitrogens with zero attached hydrogens (tertiary/aromatic N) is 2. The van der Waals surface area contributed by atoms with Gasteiger partial charge in [-0.05, 0) is 38.2 Å². The summed E-state index contributed by atoms with van der Waals surface area (Å²) in [5.41, 5.74) is 1.39. The first kappa shape index (κ1) is 14.6. The van der Waals surface area contributed by atoms with Gasteiger partial charge in [0, 0.05) is 12.6 Å². The van der Waals surface area contributed by atoms with Gasteiger partial charge in [-0.1, -0.05) is 6.92 Å². The van der Waals surface area contributed by atoms with E-state index in [4.69, 9.17) is 5.11 Å². The van der Waals surface area contributed by atoms with Crippen molar-refractivity contribution >= 4 is 11.9 Å². The molecule has 6 nitrogen and oxygen atoms in total. The maximum absolute atomic E-state index is 12.3. The number of nitrogens with one attached hydrogen (secondary N) is 1. The van der Waals surface area contributed by atoms with Gasteiger partial charge in [0.25, 0.3) is 5.91 Å². The van der Waals surface area contributed by atoms with Crippen LogP contribution in [0.2, 0.25) is 0 Å². The van der Waals surface area contributed by atoms with Crippen molar-refractivity contribution in [1.29, 1.82) is 0 Å². The molecular weight excluding hydrogens is 258 g/mol. The number of carboxylic acids is 1. The molecule has 1 saturated carbocycles. The molecule has 0 spiro atoms. The Labute approximate surface area is 118 Å². The highest BCUT2D eigenvalue weighted by Gasteiger charge is 2.34. The molecule has 0 radical (unpaired) electrons. The van der Waals surface area contributed by atoms with Crippen LogP contribution in [0.4, 0.5) is 0 Å². The summed E-state index contributed by atoms with van der Waals surface area (Å²) in [6.07, 6.45) is 2.74. The van der Waals surface area contributed by atoms with Crippen LogP contribution in [0.5, 0.6) is 0 Å². The lowest BCUT2D eigenvalue weighted by Gasteiger charge is -2.16. The Kier molecular flexibility index (Phi) is 4.42. The van der Waals surface area contributed by atoms with Gasteiger partial charge in [0.05, 0.1) is 12.1 Å². The van der Waals surface area contributed by atoms with E-state index in [1.807, 2.05) is 13.8 Å². The number of carboxylic acid groups (broad SMARTS) is 1. The molecule has 110 valence electrons. The number of hydrogen-bond donors (Lipinski definition) is 2. The summed E-state index contributed by atoms with van der Waals surface area (Å²) in [6, 6.07) is 1.51. The summed E-state index contributed by atoms with van der Waals surface area (Å²) in [7, 11) is 0. The first-order chi connectivity index (χ1) is 9.55. The number of aryl methyl sites for hydroxylation is 2. The molecule has 1 atom stereocenters. The van der Waals surface area contributed by atoms with Crippen molar-refractivity contribution in [1.82, 2.24) is 15.1 Å². The Morgan fingerprint density at radius 3 is 2.70 bits per heavy atom. The number of carbonyl (C=O) groups is 2. The van der Waals surface area contributed by atoms with E-state index in [2.05, 4.69) is 10.4 Å². The Bertz CT molecular complexity index is 506. The Morgan fingerprint density at radius 2 is 2.20 bits per heavy atom. The molecule has 1 aliphatic carbocycles. The van der Waals surface area contributed by atoms with Gasteiger partial charge in [-0.3, -0.25) is 14.3 Å². The minimum absolute atomic E-state index is 0.0166. The van der Waals surface area contributed by atoms with Gasteiger partial charge in [-0.25, -0.2) is 0 Å². The van der Waals surface area contributed by atoms with Crippen molar-refractivity contribution in [2.75, 3.05) is 0 Å². The molecule has 0 aromatic carbocycles. The quantitative estimate of drug-likeness (QED) is 0.791. The van der Waals surface area contributed by atoms with Crippen molar-refractivity contribution in [3.05, 3.63) is 17.5 Å². The van der Waals surface area contributed by atoms with Crippen molar-refractivity contribution in [2.45, 2.75) is 52.1 Å². The van der Waals surface area contributed by atoms with Crippen LogP contribution in [0.1, 0.15) is 49.3 Å². The van der Waals surface area contributed by atoms with E-state index in [-0.39, 0.29) is 18.4 Å². The van der Waals surface area contributed by atoms with Gasteiger partial charge in [0.2, 0.25) is 0 Å². The zero-order chi connectivity index (χ0) is 14.7. The van der Waals surface area contributed by atoms with Crippen LogP contribution in [0.3, 0.4) is 0 Å². The van der Waals surface area contributed by atoms with Crippen LogP contribution in [-0.4, -0.2) is 32.8 Å². The maximum atomic E-state index is 12.3. The zero-order valence-corrected chi connectivity index (χ0v) is 11.9. The fraction of sp³-hybridized carbons (Fsp3) is 0.643. The van der Waals surface area contributed by atoms with E-state index >= 15 is 0 Å². The average molecular weight is 279 g/mol. The fourth-order valence-corrected chi connectivity index (χ4v) is 2.33. The second kappa shape index (κ2) is 6.07. The van der Waals surface area contributed by atoms with Gasteiger partial charge in [-0.2, -0.15) is 5.10 Å². The fourth-order valence-electron chi connectivity index (χ4n) is 2.33. The van der Waals surface area contributed by atoms with E-state index < -0.39 is 5.97 Å². The maximum Gasteiger partial charge on any atom is 0.305 e. The summed E-state index contributed by atoms with van der Waals surface area (Å²) in [5, 5.41) is 16.1. The monoisotopic (exact) mass is 279 g/mol. The minimum Gasteiger partial charge on any atom is -0.481 e. The smallest absolute Gasteiger partial charge is 0.305 e. The van der Waals surface area contributed by atoms with E-state index in [0.29, 0.717) is 18.2 Å². The second-order valence-electron chi connectivity index (χ2n) is 5.21. The lowest BCUT2D eigenvalue weighted by Crippen LogP contribution is -2.39. The molecular formula is C14H21N3O3. The van der Waals surface area contributed by atoms with Crippen LogP contribution in [0.25, 0.3) is 0 Å². The van der Waals surface area contributed by atoms with E-state index in [1.54, 1.807) is 10.7 Å². The van der Waals surface area contributed by atoms with E-state index in [1.165, 1.54) is 0 Å². The highest BCUT2D eigenvalue weighted by Crippen LogP contribution is 2.34. The standard InChI is InChI=1S/C14H21N3O3/c1-3-10-7-12(17(4-2)16-10)14(20)15-11(8-13(18)19)9-5-6-9/h7,9,11H,3-6,8H2,1-2H3,(H,15,20)(H,18,19). The number of amides is 1. The largest absolute Gasteiger partial charge is 0.481 e. The SMILES string of the molecule is CCc1cc(C(=O)NC(CC(=O)O)C2CC2)n(CC)n1. The third kappa shape index (κ3) is 3.37. The summed E-state index contributed by atoms with van der Waals surface area (Å²) < 4.78 is 1.67. The second-order valence-corrected chi connectivity index (χ2v) is 5.21. The minimum atomic E-state index is -0.875. The highest BCUT2D eigenvalue weighted by molar-refractivity contribution is 5.93. The molecule has 1 unspecified atom stereocenters. The van der Waals surface area contributed by atoms with Gasteiger partial charge in [-0.15, -0.1) is 0 Å². The van der Waals surface area contributed by atoms with E-state index in [9.17, 15) is 9.59 Å². The highest BCUT2D eigenvalue weighted by atomic mass is 16.4. The van der Waals surface area contributed by atoms with Crippen molar-refractivity contribution < 1.29 is 14.7 Å². The molecule has 2 N–H and O–H groups in total. The Balaban J connectivity index is 2.09. The molecule has 1 aromatic heterocycles. The predicted molar refractivity (Wildman–Crippen MR) is 73.5 cm³/mol. The molecule has 1 amide bonds. The molecule has 0 saturated heterocycles. The Morgan fingerprint density at radius 1 is 1.50 bits per heavy atom. The molecule has 1 fully saturated rings. The lowest BCUT2D eigenvalue weighted by atomic mass is 10.1. The molecule has 1 aromatic rings. The van der Waals surface area contributed by atoms with Crippen LogP contribution in [0.15, 0.2) is 6.07 Å². The van der Waals surface area contributed by atoms with Crippen molar-refractivity contribution in [2.24, 2.45) is 5.92 Å². The zero-order valence-electron chi connectivity index (χ0n) is 11.9. The Hall–Kier alpha value is -1.85. The predicted octanol–water partition coefficient (Wildman–Crippen LogP) is 1.45. The summed E-state index contributed by atoms with van der Waals surface area (Å²) >= 11 is 0. The number of aliphatic carboxylic acids is 1. The van der Waals surface area contributed by atoms with Crippen LogP contribution in [-0.2, 0) is 17.8 Å². The summed E-state index contributed by atoms with van der Waals surface area (Å²) in [5.74, 6) is -0.795. The number of rotatable bonds is 7. The molecule has 0 bridgehead atoms. The summed E-state index contributed by atoms with van der Waals surface area (Å²) in [6.45, 7) is 4.54. The number of hydrogen-bond acceptors (Lipinski definition) is 3. The van der Waals surface area contributed by atoms with E-state index in [0.717, 1.165) is 25.0 Å². The first-order valence-corrected chi connectivity index (χ1v) is 7.14. The molecule has 0 aliphatic heterocycles. The van der Waals surface area contributed by atoms with Crippen molar-refractivity contribution in [3.63, 3.8) is 0 Å². The molecule has 2 rings (SSSR count). The third-order valence-corrected chi connectivity index (χ3v) is 3.63. The normalized spacial score (nSPS) is 15.9. The van der Waals surface area contributed by atoms with Crippen LogP contribution < -0.4 is 5.32 Å². The molecule has 20 heavy (non-hydrogen) atoms. The molecule has 1 heterocycles. The first-order valence-electron chi connectivity index (χ1n) is 7.14.